The molecule has 0 saturated carbocycles. The van der Waals surface area contributed by atoms with Crippen molar-refractivity contribution in [3.05, 3.63) is 47.3 Å². The van der Waals surface area contributed by atoms with Gasteiger partial charge in [-0.25, -0.2) is 9.97 Å². The molecule has 0 atom stereocenters. The fourth-order valence-electron chi connectivity index (χ4n) is 4.74. The number of nitrogens with zero attached hydrogens (tertiary/aromatic N) is 6. The molecule has 1 aromatic carbocycles. The highest BCUT2D eigenvalue weighted by Crippen LogP contribution is 2.24. The van der Waals surface area contributed by atoms with Crippen molar-refractivity contribution in [2.45, 2.75) is 39.7 Å². The van der Waals surface area contributed by atoms with Crippen molar-refractivity contribution in [2.24, 2.45) is 7.05 Å². The highest BCUT2D eigenvalue weighted by Gasteiger charge is 2.21. The van der Waals surface area contributed by atoms with Crippen LogP contribution >= 0.6 is 0 Å². The summed E-state index contributed by atoms with van der Waals surface area (Å²) in [5.74, 6) is 0.392. The molecule has 0 unspecified atom stereocenters. The van der Waals surface area contributed by atoms with E-state index in [9.17, 15) is 4.79 Å². The Balaban J connectivity index is 1.49. The van der Waals surface area contributed by atoms with Crippen molar-refractivity contribution in [1.29, 1.82) is 0 Å². The third-order valence-corrected chi connectivity index (χ3v) is 6.31. The minimum atomic E-state index is -0.189. The third kappa shape index (κ3) is 3.75. The lowest BCUT2D eigenvalue weighted by Gasteiger charge is -2.26. The van der Waals surface area contributed by atoms with Crippen LogP contribution < -0.4 is 5.32 Å². The molecule has 4 aromatic rings. The number of nitrogens with one attached hydrogen (secondary N) is 1. The van der Waals surface area contributed by atoms with E-state index in [2.05, 4.69) is 30.9 Å². The lowest BCUT2D eigenvalue weighted by molar-refractivity contribution is 0.102. The average molecular weight is 432 g/mol. The minimum absolute atomic E-state index is 0.189. The Morgan fingerprint density at radius 1 is 1.06 bits per heavy atom. The standard InChI is InChI=1S/C24H29N7O/c1-16-15-18(21-17(2)28-29(3)22(21)25-16)23(32)27-24-26-19-9-5-6-10-20(19)31(24)14-13-30-11-7-4-8-12-30/h5-6,9-10,15H,4,7-8,11-14H2,1-3H3,(H,26,27,32). The number of rotatable bonds is 5. The Kier molecular flexibility index (Phi) is 5.38. The van der Waals surface area contributed by atoms with E-state index in [1.807, 2.05) is 45.2 Å². The highest BCUT2D eigenvalue weighted by atomic mass is 16.1. The van der Waals surface area contributed by atoms with Crippen LogP contribution in [-0.2, 0) is 13.6 Å². The Labute approximate surface area is 187 Å². The number of likely N-dealkylation sites (tertiary alicyclic amines) is 1. The van der Waals surface area contributed by atoms with Crippen LogP contribution in [0.4, 0.5) is 5.95 Å². The molecule has 5 rings (SSSR count). The van der Waals surface area contributed by atoms with Gasteiger partial charge in [-0.3, -0.25) is 14.8 Å². The lowest BCUT2D eigenvalue weighted by Crippen LogP contribution is -2.32. The van der Waals surface area contributed by atoms with Gasteiger partial charge in [-0.15, -0.1) is 0 Å². The van der Waals surface area contributed by atoms with Crippen LogP contribution in [0.5, 0.6) is 0 Å². The SMILES string of the molecule is Cc1cc(C(=O)Nc2nc3ccccc3n2CCN2CCCCC2)c2c(C)nn(C)c2n1. The number of imidazole rings is 1. The number of hydrogen-bond donors (Lipinski definition) is 1. The molecule has 1 aliphatic rings. The van der Waals surface area contributed by atoms with Crippen LogP contribution in [0.15, 0.2) is 30.3 Å². The second-order valence-electron chi connectivity index (χ2n) is 8.65. The maximum Gasteiger partial charge on any atom is 0.258 e. The molecule has 3 aromatic heterocycles. The molecule has 1 amide bonds. The van der Waals surface area contributed by atoms with E-state index in [0.29, 0.717) is 17.2 Å². The highest BCUT2D eigenvalue weighted by molar-refractivity contribution is 6.12. The largest absolute Gasteiger partial charge is 0.309 e. The maximum absolute atomic E-state index is 13.4. The summed E-state index contributed by atoms with van der Waals surface area (Å²) in [5, 5.41) is 8.34. The molecule has 0 radical (unpaired) electrons. The number of pyridine rings is 1. The molecular weight excluding hydrogens is 402 g/mol. The number of piperidine rings is 1. The van der Waals surface area contributed by atoms with E-state index in [0.717, 1.165) is 54.0 Å². The van der Waals surface area contributed by atoms with Gasteiger partial charge in [0, 0.05) is 25.8 Å². The second-order valence-corrected chi connectivity index (χ2v) is 8.65. The van der Waals surface area contributed by atoms with Crippen molar-refractivity contribution in [1.82, 2.24) is 29.2 Å². The number of hydrogen-bond acceptors (Lipinski definition) is 5. The first-order chi connectivity index (χ1) is 15.5. The Bertz CT molecular complexity index is 1300. The Morgan fingerprint density at radius 2 is 1.84 bits per heavy atom. The van der Waals surface area contributed by atoms with E-state index < -0.39 is 0 Å². The maximum atomic E-state index is 13.4. The molecule has 4 heterocycles. The van der Waals surface area contributed by atoms with Gasteiger partial charge < -0.3 is 9.47 Å². The molecule has 0 aliphatic carbocycles. The number of aryl methyl sites for hydroxylation is 3. The molecule has 1 aliphatic heterocycles. The van der Waals surface area contributed by atoms with E-state index in [1.165, 1.54) is 19.3 Å². The quantitative estimate of drug-likeness (QED) is 0.521. The summed E-state index contributed by atoms with van der Waals surface area (Å²) in [7, 11) is 1.85. The van der Waals surface area contributed by atoms with Gasteiger partial charge in [0.05, 0.1) is 27.7 Å². The molecule has 1 fully saturated rings. The molecule has 1 N–H and O–H groups in total. The normalized spacial score (nSPS) is 15.0. The van der Waals surface area contributed by atoms with Gasteiger partial charge in [0.25, 0.3) is 5.91 Å². The summed E-state index contributed by atoms with van der Waals surface area (Å²) in [6.07, 6.45) is 3.84. The number of aromatic nitrogens is 5. The van der Waals surface area contributed by atoms with Gasteiger partial charge in [-0.1, -0.05) is 18.6 Å². The molecule has 0 bridgehead atoms. The summed E-state index contributed by atoms with van der Waals surface area (Å²) < 4.78 is 3.85. The zero-order chi connectivity index (χ0) is 22.2. The summed E-state index contributed by atoms with van der Waals surface area (Å²) >= 11 is 0. The Morgan fingerprint density at radius 3 is 2.66 bits per heavy atom. The third-order valence-electron chi connectivity index (χ3n) is 6.31. The van der Waals surface area contributed by atoms with Gasteiger partial charge in [-0.05, 0) is 58.0 Å². The van der Waals surface area contributed by atoms with Crippen LogP contribution in [0.1, 0.15) is 41.0 Å². The van der Waals surface area contributed by atoms with Crippen LogP contribution in [-0.4, -0.2) is 54.8 Å². The monoisotopic (exact) mass is 431 g/mol. The van der Waals surface area contributed by atoms with Gasteiger partial charge in [0.1, 0.15) is 0 Å². The summed E-state index contributed by atoms with van der Waals surface area (Å²) in [6, 6.07) is 9.87. The molecule has 0 spiro atoms. The van der Waals surface area contributed by atoms with E-state index in [-0.39, 0.29) is 5.91 Å². The molecule has 8 nitrogen and oxygen atoms in total. The summed E-state index contributed by atoms with van der Waals surface area (Å²) in [4.78, 5) is 25.3. The molecular formula is C24H29N7O. The number of carbonyl (C=O) groups is 1. The molecule has 8 heteroatoms. The number of para-hydroxylation sites is 2. The first-order valence-electron chi connectivity index (χ1n) is 11.3. The molecule has 1 saturated heterocycles. The number of carbonyl (C=O) groups excluding carboxylic acids is 1. The van der Waals surface area contributed by atoms with Crippen molar-refractivity contribution in [3.63, 3.8) is 0 Å². The number of amides is 1. The molecule has 166 valence electrons. The summed E-state index contributed by atoms with van der Waals surface area (Å²) in [5.41, 5.74) is 4.78. The number of benzene rings is 1. The van der Waals surface area contributed by atoms with Crippen LogP contribution in [0.3, 0.4) is 0 Å². The van der Waals surface area contributed by atoms with E-state index >= 15 is 0 Å². The van der Waals surface area contributed by atoms with Crippen molar-refractivity contribution in [2.75, 3.05) is 25.0 Å². The van der Waals surface area contributed by atoms with E-state index in [4.69, 9.17) is 4.98 Å². The molecule has 32 heavy (non-hydrogen) atoms. The van der Waals surface area contributed by atoms with E-state index in [1.54, 1.807) is 4.68 Å². The van der Waals surface area contributed by atoms with Gasteiger partial charge in [0.15, 0.2) is 5.65 Å². The topological polar surface area (TPSA) is 80.9 Å². The van der Waals surface area contributed by atoms with Crippen molar-refractivity contribution < 1.29 is 4.79 Å². The lowest BCUT2D eigenvalue weighted by atomic mass is 10.1. The first kappa shape index (κ1) is 20.6. The van der Waals surface area contributed by atoms with Crippen molar-refractivity contribution >= 4 is 33.9 Å². The number of anilines is 1. The average Bonchev–Trinajstić information content (AvgIpc) is 3.28. The van der Waals surface area contributed by atoms with Crippen LogP contribution in [0.2, 0.25) is 0 Å². The van der Waals surface area contributed by atoms with Gasteiger partial charge in [0.2, 0.25) is 5.95 Å². The smallest absolute Gasteiger partial charge is 0.258 e. The number of fused-ring (bicyclic) bond motifs is 2. The van der Waals surface area contributed by atoms with Gasteiger partial charge in [-0.2, -0.15) is 5.10 Å². The Hall–Kier alpha value is -3.26. The van der Waals surface area contributed by atoms with Crippen LogP contribution in [0.25, 0.3) is 22.1 Å². The zero-order valence-corrected chi connectivity index (χ0v) is 18.9. The predicted molar refractivity (Wildman–Crippen MR) is 126 cm³/mol. The summed E-state index contributed by atoms with van der Waals surface area (Å²) in [6.45, 7) is 7.82. The van der Waals surface area contributed by atoms with Crippen molar-refractivity contribution in [3.8, 4) is 0 Å². The fraction of sp³-hybridized carbons (Fsp3) is 0.417. The zero-order valence-electron chi connectivity index (χ0n) is 18.9. The van der Waals surface area contributed by atoms with Gasteiger partial charge >= 0.3 is 0 Å². The first-order valence-corrected chi connectivity index (χ1v) is 11.3. The minimum Gasteiger partial charge on any atom is -0.309 e. The second kappa shape index (κ2) is 8.35. The van der Waals surface area contributed by atoms with Crippen LogP contribution in [0, 0.1) is 13.8 Å². The fourth-order valence-corrected chi connectivity index (χ4v) is 4.74. The predicted octanol–water partition coefficient (Wildman–Crippen LogP) is 3.67.